The molecule has 4 N–H and O–H groups in total. The lowest BCUT2D eigenvalue weighted by Crippen LogP contribution is -2.55. The van der Waals surface area contributed by atoms with Crippen LogP contribution in [0, 0.1) is 5.82 Å². The lowest BCUT2D eigenvalue weighted by molar-refractivity contribution is -0.139. The quantitative estimate of drug-likeness (QED) is 0.440. The Morgan fingerprint density at radius 2 is 1.85 bits per heavy atom. The molecular weight excluding hydrogens is 519 g/mol. The van der Waals surface area contributed by atoms with Gasteiger partial charge in [0.25, 0.3) is 5.91 Å². The maximum absolute atomic E-state index is 13.4. The molecule has 2 aliphatic heterocycles. The van der Waals surface area contributed by atoms with Crippen LogP contribution in [0.4, 0.5) is 4.39 Å². The van der Waals surface area contributed by atoms with E-state index in [9.17, 15) is 28.7 Å². The molecular formula is C29H35FN4O6. The number of amides is 4. The highest BCUT2D eigenvalue weighted by atomic mass is 19.1. The summed E-state index contributed by atoms with van der Waals surface area (Å²) in [6.45, 7) is 3.85. The molecule has 0 saturated carbocycles. The van der Waals surface area contributed by atoms with E-state index in [2.05, 4.69) is 16.0 Å². The van der Waals surface area contributed by atoms with Crippen LogP contribution in [0.15, 0.2) is 48.5 Å². The van der Waals surface area contributed by atoms with E-state index in [1.54, 1.807) is 41.3 Å². The molecule has 0 aromatic heterocycles. The van der Waals surface area contributed by atoms with Crippen molar-refractivity contribution >= 4 is 23.6 Å². The fourth-order valence-electron chi connectivity index (χ4n) is 4.97. The van der Waals surface area contributed by atoms with E-state index in [0.29, 0.717) is 13.0 Å². The predicted octanol–water partition coefficient (Wildman–Crippen LogP) is 1.27. The smallest absolute Gasteiger partial charge is 0.255 e. The van der Waals surface area contributed by atoms with Gasteiger partial charge in [-0.25, -0.2) is 4.39 Å². The average Bonchev–Trinajstić information content (AvgIpc) is 3.41. The van der Waals surface area contributed by atoms with Gasteiger partial charge in [-0.2, -0.15) is 0 Å². The molecule has 2 aliphatic rings. The SMILES string of the molecule is CC(C)(CNC(=O)[C@@H]1CC(=O)N[C@@H](CO)C(=O)N2CCC[C@@H]2COc2ccccc2C(=O)N1)c1ccc(F)cc1. The number of rotatable bonds is 5. The fraction of sp³-hybridized carbons (Fsp3) is 0.448. The van der Waals surface area contributed by atoms with Crippen molar-refractivity contribution in [3.05, 3.63) is 65.5 Å². The maximum Gasteiger partial charge on any atom is 0.255 e. The molecule has 0 unspecified atom stereocenters. The third kappa shape index (κ3) is 6.77. The average molecular weight is 555 g/mol. The molecule has 3 atom stereocenters. The summed E-state index contributed by atoms with van der Waals surface area (Å²) in [5.41, 5.74) is 0.393. The van der Waals surface area contributed by atoms with E-state index in [0.717, 1.165) is 12.0 Å². The summed E-state index contributed by atoms with van der Waals surface area (Å²) < 4.78 is 19.4. The van der Waals surface area contributed by atoms with E-state index in [1.807, 2.05) is 13.8 Å². The monoisotopic (exact) mass is 554 g/mol. The first-order chi connectivity index (χ1) is 19.1. The molecule has 2 heterocycles. The molecule has 0 spiro atoms. The van der Waals surface area contributed by atoms with Crippen molar-refractivity contribution in [1.82, 2.24) is 20.9 Å². The van der Waals surface area contributed by atoms with Gasteiger partial charge in [-0.05, 0) is 42.7 Å². The van der Waals surface area contributed by atoms with Gasteiger partial charge >= 0.3 is 0 Å². The van der Waals surface area contributed by atoms with E-state index >= 15 is 0 Å². The number of aliphatic hydroxyl groups excluding tert-OH is 1. The molecule has 1 saturated heterocycles. The van der Waals surface area contributed by atoms with Gasteiger partial charge in [0.15, 0.2) is 0 Å². The van der Waals surface area contributed by atoms with Crippen LogP contribution in [0.2, 0.25) is 0 Å². The molecule has 10 nitrogen and oxygen atoms in total. The summed E-state index contributed by atoms with van der Waals surface area (Å²) >= 11 is 0. The van der Waals surface area contributed by atoms with Crippen molar-refractivity contribution in [1.29, 1.82) is 0 Å². The highest BCUT2D eigenvalue weighted by Crippen LogP contribution is 2.24. The highest BCUT2D eigenvalue weighted by Gasteiger charge is 2.36. The van der Waals surface area contributed by atoms with Gasteiger partial charge in [-0.3, -0.25) is 19.2 Å². The first-order valence-corrected chi connectivity index (χ1v) is 13.4. The number of fused-ring (bicyclic) bond motifs is 2. The summed E-state index contributed by atoms with van der Waals surface area (Å²) in [7, 11) is 0. The van der Waals surface area contributed by atoms with Crippen molar-refractivity contribution in [3.8, 4) is 5.75 Å². The van der Waals surface area contributed by atoms with Crippen LogP contribution in [-0.2, 0) is 19.8 Å². The van der Waals surface area contributed by atoms with Gasteiger partial charge in [0, 0.05) is 18.5 Å². The number of aliphatic hydroxyl groups is 1. The Hall–Kier alpha value is -3.99. The zero-order chi connectivity index (χ0) is 28.9. The first kappa shape index (κ1) is 29.0. The number of nitrogens with one attached hydrogen (secondary N) is 3. The standard InChI is InChI=1S/C29H35FN4O6/c1-29(2,18-9-11-19(30)12-10-18)17-31-27(38)22-14-25(36)32-23(15-35)28(39)34-13-5-6-20(34)16-40-24-8-4-3-7-21(24)26(37)33-22/h3-4,7-12,20,22-23,35H,5-6,13-17H2,1-2H3,(H,31,38)(H,32,36)(H,33,37)/t20-,22+,23+/m1/s1. The first-order valence-electron chi connectivity index (χ1n) is 13.4. The molecule has 11 heteroatoms. The van der Waals surface area contributed by atoms with E-state index < -0.39 is 54.2 Å². The van der Waals surface area contributed by atoms with Crippen molar-refractivity contribution in [2.24, 2.45) is 0 Å². The summed E-state index contributed by atoms with van der Waals surface area (Å²) in [4.78, 5) is 54.4. The summed E-state index contributed by atoms with van der Waals surface area (Å²) in [5.74, 6) is -2.41. The van der Waals surface area contributed by atoms with Gasteiger partial charge in [-0.1, -0.05) is 38.1 Å². The maximum atomic E-state index is 13.4. The number of hydrogen-bond acceptors (Lipinski definition) is 6. The number of ether oxygens (including phenoxy) is 1. The van der Waals surface area contributed by atoms with Gasteiger partial charge < -0.3 is 30.7 Å². The Kier molecular flexibility index (Phi) is 9.03. The van der Waals surface area contributed by atoms with E-state index in [4.69, 9.17) is 4.74 Å². The molecule has 2 aromatic rings. The van der Waals surface area contributed by atoms with Crippen LogP contribution in [-0.4, -0.2) is 78.1 Å². The molecule has 2 aromatic carbocycles. The molecule has 4 amide bonds. The number of halogens is 1. The topological polar surface area (TPSA) is 137 Å². The number of hydrogen-bond donors (Lipinski definition) is 4. The van der Waals surface area contributed by atoms with Crippen molar-refractivity contribution < 1.29 is 33.4 Å². The van der Waals surface area contributed by atoms with Crippen molar-refractivity contribution in [3.63, 3.8) is 0 Å². The zero-order valence-electron chi connectivity index (χ0n) is 22.6. The molecule has 214 valence electrons. The van der Waals surface area contributed by atoms with Crippen molar-refractivity contribution in [2.45, 2.75) is 56.7 Å². The second-order valence-electron chi connectivity index (χ2n) is 10.8. The molecule has 4 rings (SSSR count). The minimum atomic E-state index is -1.29. The molecule has 0 bridgehead atoms. The Morgan fingerprint density at radius 1 is 1.12 bits per heavy atom. The van der Waals surface area contributed by atoms with E-state index in [1.165, 1.54) is 12.1 Å². The van der Waals surface area contributed by atoms with Crippen LogP contribution in [0.1, 0.15) is 49.0 Å². The van der Waals surface area contributed by atoms with Crippen LogP contribution in [0.3, 0.4) is 0 Å². The van der Waals surface area contributed by atoms with Crippen LogP contribution in [0.25, 0.3) is 0 Å². The second kappa shape index (κ2) is 12.5. The largest absolute Gasteiger partial charge is 0.491 e. The molecule has 40 heavy (non-hydrogen) atoms. The number of carbonyl (C=O) groups is 4. The molecule has 0 aliphatic carbocycles. The minimum absolute atomic E-state index is 0.129. The number of benzene rings is 2. The second-order valence-corrected chi connectivity index (χ2v) is 10.8. The highest BCUT2D eigenvalue weighted by molar-refractivity contribution is 6.01. The fourth-order valence-corrected chi connectivity index (χ4v) is 4.97. The van der Waals surface area contributed by atoms with Crippen LogP contribution >= 0.6 is 0 Å². The molecule has 0 radical (unpaired) electrons. The van der Waals surface area contributed by atoms with Crippen LogP contribution < -0.4 is 20.7 Å². The lowest BCUT2D eigenvalue weighted by Gasteiger charge is -2.30. The van der Waals surface area contributed by atoms with Crippen molar-refractivity contribution in [2.75, 3.05) is 26.3 Å². The van der Waals surface area contributed by atoms with Gasteiger partial charge in [0.2, 0.25) is 17.7 Å². The summed E-state index contributed by atoms with van der Waals surface area (Å²) in [6, 6.07) is 9.74. The minimum Gasteiger partial charge on any atom is -0.491 e. The Morgan fingerprint density at radius 3 is 2.58 bits per heavy atom. The Bertz CT molecular complexity index is 1250. The summed E-state index contributed by atoms with van der Waals surface area (Å²) in [6.07, 6.45) is 0.956. The van der Waals surface area contributed by atoms with Gasteiger partial charge in [-0.15, -0.1) is 0 Å². The number of carbonyl (C=O) groups excluding carboxylic acids is 4. The predicted molar refractivity (Wildman–Crippen MR) is 144 cm³/mol. The third-order valence-electron chi connectivity index (χ3n) is 7.38. The zero-order valence-corrected chi connectivity index (χ0v) is 22.6. The molecule has 1 fully saturated rings. The Labute approximate surface area is 232 Å². The lowest BCUT2D eigenvalue weighted by atomic mass is 9.84. The van der Waals surface area contributed by atoms with Gasteiger partial charge in [0.1, 0.15) is 30.3 Å². The summed E-state index contributed by atoms with van der Waals surface area (Å²) in [5, 5.41) is 17.8. The normalized spacial score (nSPS) is 22.2. The van der Waals surface area contributed by atoms with E-state index in [-0.39, 0.29) is 36.3 Å². The third-order valence-corrected chi connectivity index (χ3v) is 7.38. The number of nitrogens with zero attached hydrogens (tertiary/aromatic N) is 1. The number of para-hydroxylation sites is 1. The van der Waals surface area contributed by atoms with Crippen LogP contribution in [0.5, 0.6) is 5.75 Å². The van der Waals surface area contributed by atoms with Gasteiger partial charge in [0.05, 0.1) is 24.6 Å². The Balaban J connectivity index is 1.57.